The second-order valence-electron chi connectivity index (χ2n) is 11.6. The highest BCUT2D eigenvalue weighted by Gasteiger charge is 2.25. The van der Waals surface area contributed by atoms with Crippen LogP contribution in [0, 0.1) is 0 Å². The van der Waals surface area contributed by atoms with Gasteiger partial charge in [0.1, 0.15) is 0 Å². The first kappa shape index (κ1) is 27.4. The monoisotopic (exact) mass is 588 g/mol. The number of hydrogen-bond acceptors (Lipinski definition) is 2. The van der Waals surface area contributed by atoms with Crippen LogP contribution in [0.4, 0.5) is 22.7 Å². The molecule has 0 atom stereocenters. The second kappa shape index (κ2) is 11.8. The number of fused-ring (bicyclic) bond motifs is 2. The first-order valence-corrected chi connectivity index (χ1v) is 15.7. The Morgan fingerprint density at radius 2 is 0.804 bits per heavy atom. The molecule has 0 fully saturated rings. The maximum absolute atomic E-state index is 6.15. The van der Waals surface area contributed by atoms with Crippen molar-refractivity contribution in [1.82, 2.24) is 0 Å². The molecule has 218 valence electrons. The molecule has 46 heavy (non-hydrogen) atoms. The van der Waals surface area contributed by atoms with Crippen LogP contribution in [0.25, 0.3) is 54.9 Å². The Kier molecular flexibility index (Phi) is 7.01. The molecule has 0 saturated carbocycles. The lowest BCUT2D eigenvalue weighted by atomic mass is 9.85. The summed E-state index contributed by atoms with van der Waals surface area (Å²) in [5, 5.41) is 4.79. The Hall–Kier alpha value is -6.12. The molecule has 0 aliphatic heterocycles. The molecule has 8 rings (SSSR count). The highest BCUT2D eigenvalue weighted by atomic mass is 15.1. The van der Waals surface area contributed by atoms with E-state index in [0.717, 1.165) is 45.0 Å². The van der Waals surface area contributed by atoms with Crippen LogP contribution in [0.15, 0.2) is 182 Å². The fraction of sp³-hybridized carbons (Fsp3) is 0. The van der Waals surface area contributed by atoms with Crippen LogP contribution in [-0.2, 0) is 0 Å². The molecular formula is C44H32N2. The third-order valence-corrected chi connectivity index (χ3v) is 8.79. The van der Waals surface area contributed by atoms with Crippen molar-refractivity contribution in [1.29, 1.82) is 0 Å². The average molecular weight is 589 g/mol. The first-order chi connectivity index (χ1) is 22.8. The van der Waals surface area contributed by atoms with Crippen molar-refractivity contribution in [3.63, 3.8) is 0 Å². The molecule has 0 saturated heterocycles. The lowest BCUT2D eigenvalue weighted by Gasteiger charge is -2.32. The van der Waals surface area contributed by atoms with Gasteiger partial charge in [-0.1, -0.05) is 152 Å². The molecule has 0 spiro atoms. The SMILES string of the molecule is Nc1ccc(-c2ccc(N(c3cccc4ccccc34)c3cccc4ccccc34)c(-c3ccccc3)c2-c2ccccc2)cc1. The summed E-state index contributed by atoms with van der Waals surface area (Å²) in [4.78, 5) is 2.46. The molecule has 0 aliphatic rings. The molecule has 0 unspecified atom stereocenters. The molecule has 2 nitrogen and oxygen atoms in total. The van der Waals surface area contributed by atoms with Gasteiger partial charge in [-0.05, 0) is 68.9 Å². The van der Waals surface area contributed by atoms with E-state index in [9.17, 15) is 0 Å². The zero-order valence-electron chi connectivity index (χ0n) is 25.3. The van der Waals surface area contributed by atoms with E-state index in [2.05, 4.69) is 175 Å². The minimum atomic E-state index is 0.753. The number of nitrogens with two attached hydrogens (primary N) is 1. The van der Waals surface area contributed by atoms with Gasteiger partial charge in [0.15, 0.2) is 0 Å². The van der Waals surface area contributed by atoms with E-state index in [-0.39, 0.29) is 0 Å². The van der Waals surface area contributed by atoms with Crippen LogP contribution >= 0.6 is 0 Å². The molecule has 0 heterocycles. The second-order valence-corrected chi connectivity index (χ2v) is 11.6. The maximum atomic E-state index is 6.15. The summed E-state index contributed by atoms with van der Waals surface area (Å²) in [5.41, 5.74) is 17.2. The lowest BCUT2D eigenvalue weighted by Crippen LogP contribution is -2.13. The Balaban J connectivity index is 1.54. The number of hydrogen-bond donors (Lipinski definition) is 1. The summed E-state index contributed by atoms with van der Waals surface area (Å²) in [6, 6.07) is 64.9. The van der Waals surface area contributed by atoms with Gasteiger partial charge in [-0.2, -0.15) is 0 Å². The molecule has 2 heteroatoms. The summed E-state index contributed by atoms with van der Waals surface area (Å²) in [6.07, 6.45) is 0. The van der Waals surface area contributed by atoms with Crippen molar-refractivity contribution < 1.29 is 0 Å². The van der Waals surface area contributed by atoms with Crippen molar-refractivity contribution in [2.75, 3.05) is 10.6 Å². The first-order valence-electron chi connectivity index (χ1n) is 15.7. The van der Waals surface area contributed by atoms with Crippen molar-refractivity contribution in [3.8, 4) is 33.4 Å². The summed E-state index contributed by atoms with van der Waals surface area (Å²) >= 11 is 0. The van der Waals surface area contributed by atoms with Crippen LogP contribution in [-0.4, -0.2) is 0 Å². The molecule has 0 aromatic heterocycles. The van der Waals surface area contributed by atoms with Crippen LogP contribution in [0.5, 0.6) is 0 Å². The van der Waals surface area contributed by atoms with Crippen molar-refractivity contribution in [2.45, 2.75) is 0 Å². The van der Waals surface area contributed by atoms with Crippen molar-refractivity contribution in [2.24, 2.45) is 0 Å². The Morgan fingerprint density at radius 1 is 0.326 bits per heavy atom. The minimum Gasteiger partial charge on any atom is -0.399 e. The number of benzene rings is 8. The molecule has 8 aromatic rings. The van der Waals surface area contributed by atoms with Crippen LogP contribution in [0.2, 0.25) is 0 Å². The standard InChI is InChI=1S/C44H32N2/c45-36-27-25-33(26-28-36)39-29-30-42(44(35-17-5-2-6-18-35)43(39)34-15-3-1-4-16-34)46(40-23-11-19-31-13-7-9-21-37(31)40)41-24-12-20-32-14-8-10-22-38(32)41/h1-30H,45H2. The van der Waals surface area contributed by atoms with E-state index in [1.807, 2.05) is 12.1 Å². The van der Waals surface area contributed by atoms with Crippen molar-refractivity contribution in [3.05, 3.63) is 182 Å². The van der Waals surface area contributed by atoms with Crippen LogP contribution in [0.3, 0.4) is 0 Å². The van der Waals surface area contributed by atoms with Gasteiger partial charge in [-0.15, -0.1) is 0 Å². The fourth-order valence-electron chi connectivity index (χ4n) is 6.68. The number of nitrogen functional groups attached to an aromatic ring is 1. The predicted molar refractivity (Wildman–Crippen MR) is 197 cm³/mol. The van der Waals surface area contributed by atoms with Gasteiger partial charge in [-0.25, -0.2) is 0 Å². The van der Waals surface area contributed by atoms with E-state index in [1.54, 1.807) is 0 Å². The van der Waals surface area contributed by atoms with E-state index in [0.29, 0.717) is 0 Å². The summed E-state index contributed by atoms with van der Waals surface area (Å²) in [5.74, 6) is 0. The van der Waals surface area contributed by atoms with Gasteiger partial charge in [0.25, 0.3) is 0 Å². The number of rotatable bonds is 6. The van der Waals surface area contributed by atoms with E-state index < -0.39 is 0 Å². The zero-order valence-corrected chi connectivity index (χ0v) is 25.3. The van der Waals surface area contributed by atoms with Gasteiger partial charge in [0, 0.05) is 22.0 Å². The summed E-state index contributed by atoms with van der Waals surface area (Å²) in [6.45, 7) is 0. The summed E-state index contributed by atoms with van der Waals surface area (Å²) < 4.78 is 0. The predicted octanol–water partition coefficient (Wildman–Crippen LogP) is 12.0. The Labute approximate surface area is 269 Å². The largest absolute Gasteiger partial charge is 0.399 e. The highest BCUT2D eigenvalue weighted by Crippen LogP contribution is 2.51. The van der Waals surface area contributed by atoms with Gasteiger partial charge in [-0.3, -0.25) is 0 Å². The third kappa shape index (κ3) is 4.87. The van der Waals surface area contributed by atoms with E-state index in [1.165, 1.54) is 32.7 Å². The normalized spacial score (nSPS) is 11.1. The van der Waals surface area contributed by atoms with Crippen LogP contribution in [0.1, 0.15) is 0 Å². The third-order valence-electron chi connectivity index (χ3n) is 8.79. The fourth-order valence-corrected chi connectivity index (χ4v) is 6.68. The molecule has 0 bridgehead atoms. The molecule has 8 aromatic carbocycles. The summed E-state index contributed by atoms with van der Waals surface area (Å²) in [7, 11) is 0. The van der Waals surface area contributed by atoms with Crippen LogP contribution < -0.4 is 10.6 Å². The topological polar surface area (TPSA) is 29.3 Å². The zero-order chi connectivity index (χ0) is 30.9. The smallest absolute Gasteiger partial charge is 0.0547 e. The molecule has 0 aliphatic carbocycles. The molecule has 0 amide bonds. The quantitative estimate of drug-likeness (QED) is 0.196. The number of anilines is 4. The van der Waals surface area contributed by atoms with E-state index >= 15 is 0 Å². The molecular weight excluding hydrogens is 556 g/mol. The number of nitrogens with zero attached hydrogens (tertiary/aromatic N) is 1. The van der Waals surface area contributed by atoms with Gasteiger partial charge in [0.05, 0.1) is 17.1 Å². The Bertz CT molecular complexity index is 2220. The van der Waals surface area contributed by atoms with Gasteiger partial charge in [0.2, 0.25) is 0 Å². The average Bonchev–Trinajstić information content (AvgIpc) is 3.13. The minimum absolute atomic E-state index is 0.753. The Morgan fingerprint density at radius 3 is 1.37 bits per heavy atom. The van der Waals surface area contributed by atoms with Gasteiger partial charge >= 0.3 is 0 Å². The van der Waals surface area contributed by atoms with Crippen molar-refractivity contribution >= 4 is 44.3 Å². The lowest BCUT2D eigenvalue weighted by molar-refractivity contribution is 1.31. The van der Waals surface area contributed by atoms with Gasteiger partial charge < -0.3 is 10.6 Å². The highest BCUT2D eigenvalue weighted by molar-refractivity contribution is 6.09. The molecule has 0 radical (unpaired) electrons. The maximum Gasteiger partial charge on any atom is 0.0547 e. The molecule has 2 N–H and O–H groups in total. The van der Waals surface area contributed by atoms with E-state index in [4.69, 9.17) is 5.73 Å².